The molecule has 0 aliphatic heterocycles. The quantitative estimate of drug-likeness (QED) is 0.793. The molecule has 96 valence electrons. The maximum absolute atomic E-state index is 12.2. The van der Waals surface area contributed by atoms with Crippen LogP contribution in [-0.4, -0.2) is 19.2 Å². The fraction of sp³-hybridized carbons (Fsp3) is 0.273. The number of carbonyl (C=O) groups is 1. The number of alkyl halides is 2. The minimum absolute atomic E-state index is 0.00676. The molecule has 0 unspecified atom stereocenters. The zero-order chi connectivity index (χ0) is 13.7. The molecule has 0 fully saturated rings. The molecular weight excluding hydrogens is 268 g/mol. The van der Waals surface area contributed by atoms with E-state index in [2.05, 4.69) is 4.74 Å². The molecule has 4 nitrogen and oxygen atoms in total. The van der Waals surface area contributed by atoms with E-state index in [9.17, 15) is 13.6 Å². The van der Waals surface area contributed by atoms with Crippen molar-refractivity contribution in [1.29, 1.82) is 5.26 Å². The van der Waals surface area contributed by atoms with Gasteiger partial charge in [-0.2, -0.15) is 14.0 Å². The van der Waals surface area contributed by atoms with Crippen molar-refractivity contribution < 1.29 is 23.0 Å². The first-order valence-electron chi connectivity index (χ1n) is 4.85. The molecule has 0 saturated heterocycles. The number of esters is 1. The average molecular weight is 276 g/mol. The predicted molar refractivity (Wildman–Crippen MR) is 58.8 cm³/mol. The van der Waals surface area contributed by atoms with Gasteiger partial charge in [0.15, 0.2) is 0 Å². The van der Waals surface area contributed by atoms with Crippen LogP contribution in [0.25, 0.3) is 0 Å². The second-order valence-corrected chi connectivity index (χ2v) is 3.47. The smallest absolute Gasteiger partial charge is 0.387 e. The molecule has 0 aliphatic carbocycles. The molecule has 1 rings (SSSR count). The van der Waals surface area contributed by atoms with Crippen LogP contribution in [0.2, 0.25) is 5.02 Å². The molecule has 1 aromatic rings. The van der Waals surface area contributed by atoms with Crippen LogP contribution in [0.15, 0.2) is 12.1 Å². The van der Waals surface area contributed by atoms with E-state index in [1.165, 1.54) is 0 Å². The van der Waals surface area contributed by atoms with Crippen molar-refractivity contribution in [2.24, 2.45) is 0 Å². The van der Waals surface area contributed by atoms with Crippen molar-refractivity contribution in [2.45, 2.75) is 13.5 Å². The first kappa shape index (κ1) is 14.2. The van der Waals surface area contributed by atoms with Crippen LogP contribution in [0, 0.1) is 11.3 Å². The lowest BCUT2D eigenvalue weighted by Gasteiger charge is -2.10. The number of carbonyl (C=O) groups excluding carboxylic acids is 1. The topological polar surface area (TPSA) is 59.3 Å². The Morgan fingerprint density at radius 1 is 1.56 bits per heavy atom. The number of nitrogens with zero attached hydrogens (tertiary/aromatic N) is 1. The second kappa shape index (κ2) is 6.17. The maximum atomic E-state index is 12.2. The van der Waals surface area contributed by atoms with Gasteiger partial charge in [-0.1, -0.05) is 11.6 Å². The Kier molecular flexibility index (Phi) is 4.86. The summed E-state index contributed by atoms with van der Waals surface area (Å²) in [6.45, 7) is -1.46. The number of hydrogen-bond acceptors (Lipinski definition) is 4. The van der Waals surface area contributed by atoms with Crippen molar-refractivity contribution in [3.05, 3.63) is 28.3 Å². The average Bonchev–Trinajstić information content (AvgIpc) is 2.27. The Morgan fingerprint density at radius 3 is 2.72 bits per heavy atom. The zero-order valence-corrected chi connectivity index (χ0v) is 10.0. The third-order valence-electron chi connectivity index (χ3n) is 1.89. The molecular formula is C11H8ClF2NO3. The molecule has 0 atom stereocenters. The van der Waals surface area contributed by atoms with E-state index in [1.807, 2.05) is 0 Å². The highest BCUT2D eigenvalue weighted by Crippen LogP contribution is 2.28. The number of rotatable bonds is 4. The molecule has 1 aromatic carbocycles. The lowest BCUT2D eigenvalue weighted by molar-refractivity contribution is -0.0501. The summed E-state index contributed by atoms with van der Waals surface area (Å²) in [6.07, 6.45) is 0. The molecule has 0 aromatic heterocycles. The summed E-state index contributed by atoms with van der Waals surface area (Å²) < 4.78 is 33.1. The van der Waals surface area contributed by atoms with Crippen molar-refractivity contribution in [3.8, 4) is 11.8 Å². The number of nitriles is 1. The van der Waals surface area contributed by atoms with E-state index in [1.54, 1.807) is 13.0 Å². The molecule has 0 bridgehead atoms. The summed E-state index contributed by atoms with van der Waals surface area (Å²) in [5.74, 6) is -1.28. The highest BCUT2D eigenvalue weighted by Gasteiger charge is 2.20. The normalized spacial score (nSPS) is 10.0. The van der Waals surface area contributed by atoms with Crippen LogP contribution < -0.4 is 4.74 Å². The molecule has 0 amide bonds. The molecule has 7 heteroatoms. The molecule has 0 saturated carbocycles. The number of halogens is 3. The first-order chi connectivity index (χ1) is 8.49. The van der Waals surface area contributed by atoms with Crippen molar-refractivity contribution in [2.75, 3.05) is 6.61 Å². The third kappa shape index (κ3) is 3.31. The van der Waals surface area contributed by atoms with Gasteiger partial charge < -0.3 is 9.47 Å². The van der Waals surface area contributed by atoms with E-state index >= 15 is 0 Å². The minimum Gasteiger partial charge on any atom is -0.462 e. The lowest BCUT2D eigenvalue weighted by Crippen LogP contribution is -2.10. The Hall–Kier alpha value is -1.87. The fourth-order valence-corrected chi connectivity index (χ4v) is 1.46. The van der Waals surface area contributed by atoms with E-state index in [4.69, 9.17) is 21.6 Å². The van der Waals surface area contributed by atoms with Gasteiger partial charge in [0.25, 0.3) is 0 Å². The van der Waals surface area contributed by atoms with E-state index in [-0.39, 0.29) is 22.8 Å². The van der Waals surface area contributed by atoms with E-state index < -0.39 is 18.3 Å². The Morgan fingerprint density at radius 2 is 2.22 bits per heavy atom. The highest BCUT2D eigenvalue weighted by atomic mass is 35.5. The van der Waals surface area contributed by atoms with E-state index in [0.29, 0.717) is 0 Å². The van der Waals surface area contributed by atoms with Crippen molar-refractivity contribution >= 4 is 17.6 Å². The number of benzene rings is 1. The number of hydrogen-bond donors (Lipinski definition) is 0. The molecule has 0 spiro atoms. The maximum Gasteiger partial charge on any atom is 0.387 e. The molecule has 0 heterocycles. The van der Waals surface area contributed by atoms with Gasteiger partial charge in [0.2, 0.25) is 0 Å². The highest BCUT2D eigenvalue weighted by molar-refractivity contribution is 6.31. The summed E-state index contributed by atoms with van der Waals surface area (Å²) in [5, 5.41) is 8.89. The monoisotopic (exact) mass is 275 g/mol. The van der Waals surface area contributed by atoms with Gasteiger partial charge in [-0.15, -0.1) is 0 Å². The Labute approximate surface area is 107 Å². The minimum atomic E-state index is -3.12. The largest absolute Gasteiger partial charge is 0.462 e. The summed E-state index contributed by atoms with van der Waals surface area (Å²) in [5.41, 5.74) is -0.541. The van der Waals surface area contributed by atoms with Crippen LogP contribution in [0.3, 0.4) is 0 Å². The van der Waals surface area contributed by atoms with Gasteiger partial charge in [0, 0.05) is 11.1 Å². The summed E-state index contributed by atoms with van der Waals surface area (Å²) in [4.78, 5) is 11.5. The standard InChI is InChI=1S/C11H8ClF2NO3/c1-2-17-10(16)7-3-6(12)4-9(8(7)5-15)18-11(13)14/h3-4,11H,2H2,1H3. The first-order valence-corrected chi connectivity index (χ1v) is 5.23. The van der Waals surface area contributed by atoms with Gasteiger partial charge in [-0.05, 0) is 13.0 Å². The fourth-order valence-electron chi connectivity index (χ4n) is 1.26. The van der Waals surface area contributed by atoms with Crippen LogP contribution in [0.5, 0.6) is 5.75 Å². The predicted octanol–water partition coefficient (Wildman–Crippen LogP) is 2.99. The third-order valence-corrected chi connectivity index (χ3v) is 2.11. The van der Waals surface area contributed by atoms with Gasteiger partial charge >= 0.3 is 12.6 Å². The van der Waals surface area contributed by atoms with Crippen LogP contribution in [-0.2, 0) is 4.74 Å². The Balaban J connectivity index is 3.29. The second-order valence-electron chi connectivity index (χ2n) is 3.04. The number of ether oxygens (including phenoxy) is 2. The summed E-state index contributed by atoms with van der Waals surface area (Å²) in [6, 6.07) is 3.82. The Bertz CT molecular complexity index is 500. The van der Waals surface area contributed by atoms with Gasteiger partial charge in [0.05, 0.1) is 12.2 Å². The molecule has 18 heavy (non-hydrogen) atoms. The summed E-state index contributed by atoms with van der Waals surface area (Å²) in [7, 11) is 0. The van der Waals surface area contributed by atoms with Gasteiger partial charge in [0.1, 0.15) is 17.4 Å². The lowest BCUT2D eigenvalue weighted by atomic mass is 10.1. The van der Waals surface area contributed by atoms with Crippen LogP contribution >= 0.6 is 11.6 Å². The zero-order valence-electron chi connectivity index (χ0n) is 9.25. The molecule has 0 N–H and O–H groups in total. The van der Waals surface area contributed by atoms with Crippen LogP contribution in [0.4, 0.5) is 8.78 Å². The molecule has 0 radical (unpaired) electrons. The summed E-state index contributed by atoms with van der Waals surface area (Å²) >= 11 is 5.66. The van der Waals surface area contributed by atoms with Crippen molar-refractivity contribution in [1.82, 2.24) is 0 Å². The van der Waals surface area contributed by atoms with Crippen LogP contribution in [0.1, 0.15) is 22.8 Å². The molecule has 0 aliphatic rings. The van der Waals surface area contributed by atoms with E-state index in [0.717, 1.165) is 12.1 Å². The van der Waals surface area contributed by atoms with Gasteiger partial charge in [-0.25, -0.2) is 4.79 Å². The SMILES string of the molecule is CCOC(=O)c1cc(Cl)cc(OC(F)F)c1C#N. The van der Waals surface area contributed by atoms with Gasteiger partial charge in [-0.3, -0.25) is 0 Å². The van der Waals surface area contributed by atoms with Crippen molar-refractivity contribution in [3.63, 3.8) is 0 Å².